The molecule has 7 heteroatoms. The zero-order valence-corrected chi connectivity index (χ0v) is 15.2. The molecule has 0 radical (unpaired) electrons. The third-order valence-electron chi connectivity index (χ3n) is 4.20. The summed E-state index contributed by atoms with van der Waals surface area (Å²) >= 11 is 0. The smallest absolute Gasteiger partial charge is 0.291 e. The minimum atomic E-state index is -0.319. The van der Waals surface area contributed by atoms with Gasteiger partial charge in [-0.2, -0.15) is 0 Å². The number of furan rings is 1. The summed E-state index contributed by atoms with van der Waals surface area (Å²) in [6, 6.07) is 10.6. The van der Waals surface area contributed by atoms with Gasteiger partial charge in [-0.05, 0) is 50.1 Å². The van der Waals surface area contributed by atoms with Gasteiger partial charge in [0.1, 0.15) is 5.76 Å². The fourth-order valence-electron chi connectivity index (χ4n) is 2.75. The lowest BCUT2D eigenvalue weighted by Gasteiger charge is -2.08. The molecular weight excluding hydrogens is 346 g/mol. The lowest BCUT2D eigenvalue weighted by atomic mass is 10.1. The van der Waals surface area contributed by atoms with E-state index in [4.69, 9.17) is 8.94 Å². The first kappa shape index (κ1) is 18.4. The molecule has 2 N–H and O–H groups in total. The van der Waals surface area contributed by atoms with Crippen LogP contribution in [0.2, 0.25) is 0 Å². The number of benzene rings is 1. The van der Waals surface area contributed by atoms with E-state index in [0.717, 1.165) is 22.6 Å². The van der Waals surface area contributed by atoms with E-state index < -0.39 is 0 Å². The molecule has 0 spiro atoms. The number of nitrogens with zero attached hydrogens (tertiary/aromatic N) is 1. The Morgan fingerprint density at radius 1 is 1.15 bits per heavy atom. The van der Waals surface area contributed by atoms with Crippen molar-refractivity contribution in [1.82, 2.24) is 10.5 Å². The lowest BCUT2D eigenvalue weighted by Crippen LogP contribution is -2.23. The summed E-state index contributed by atoms with van der Waals surface area (Å²) in [6.07, 6.45) is 2.40. The van der Waals surface area contributed by atoms with Gasteiger partial charge in [-0.3, -0.25) is 9.59 Å². The molecule has 3 rings (SSSR count). The van der Waals surface area contributed by atoms with Gasteiger partial charge in [-0.15, -0.1) is 0 Å². The molecule has 3 aromatic rings. The van der Waals surface area contributed by atoms with Crippen molar-refractivity contribution in [3.63, 3.8) is 0 Å². The van der Waals surface area contributed by atoms with Crippen molar-refractivity contribution in [2.45, 2.75) is 33.2 Å². The Hall–Kier alpha value is -3.35. The SMILES string of the molecule is Cc1noc(C)c1CCC(=O)NCc1cccc(NC(=O)c2ccco2)c1. The summed E-state index contributed by atoms with van der Waals surface area (Å²) in [5.74, 6) is 0.619. The first-order valence-electron chi connectivity index (χ1n) is 8.65. The van der Waals surface area contributed by atoms with Gasteiger partial charge in [0.15, 0.2) is 5.76 Å². The number of hydrogen-bond donors (Lipinski definition) is 2. The highest BCUT2D eigenvalue weighted by atomic mass is 16.5. The minimum absolute atomic E-state index is 0.0555. The van der Waals surface area contributed by atoms with E-state index in [0.29, 0.717) is 25.1 Å². The molecule has 0 aliphatic rings. The van der Waals surface area contributed by atoms with Crippen molar-refractivity contribution in [3.05, 3.63) is 71.0 Å². The molecule has 0 fully saturated rings. The molecule has 0 saturated carbocycles. The number of carbonyl (C=O) groups excluding carboxylic acids is 2. The summed E-state index contributed by atoms with van der Waals surface area (Å²) in [5, 5.41) is 9.54. The summed E-state index contributed by atoms with van der Waals surface area (Å²) in [5.41, 5.74) is 3.32. The number of aryl methyl sites for hydroxylation is 2. The fraction of sp³-hybridized carbons (Fsp3) is 0.250. The van der Waals surface area contributed by atoms with Crippen LogP contribution in [-0.4, -0.2) is 17.0 Å². The number of aromatic nitrogens is 1. The van der Waals surface area contributed by atoms with Gasteiger partial charge in [0.25, 0.3) is 5.91 Å². The van der Waals surface area contributed by atoms with Gasteiger partial charge in [0.2, 0.25) is 5.91 Å². The second kappa shape index (κ2) is 8.35. The molecule has 140 valence electrons. The number of anilines is 1. The molecule has 0 atom stereocenters. The van der Waals surface area contributed by atoms with E-state index in [-0.39, 0.29) is 17.6 Å². The summed E-state index contributed by atoms with van der Waals surface area (Å²) in [6.45, 7) is 4.09. The van der Waals surface area contributed by atoms with Crippen LogP contribution in [0.3, 0.4) is 0 Å². The Balaban J connectivity index is 1.50. The van der Waals surface area contributed by atoms with Crippen molar-refractivity contribution in [2.24, 2.45) is 0 Å². The number of hydrogen-bond acceptors (Lipinski definition) is 5. The van der Waals surface area contributed by atoms with Crippen molar-refractivity contribution in [2.75, 3.05) is 5.32 Å². The second-order valence-electron chi connectivity index (χ2n) is 6.21. The summed E-state index contributed by atoms with van der Waals surface area (Å²) in [4.78, 5) is 24.1. The van der Waals surface area contributed by atoms with Crippen LogP contribution in [0.15, 0.2) is 51.6 Å². The predicted molar refractivity (Wildman–Crippen MR) is 99.2 cm³/mol. The second-order valence-corrected chi connectivity index (χ2v) is 6.21. The number of amides is 2. The van der Waals surface area contributed by atoms with Crippen molar-refractivity contribution >= 4 is 17.5 Å². The van der Waals surface area contributed by atoms with Crippen molar-refractivity contribution in [1.29, 1.82) is 0 Å². The monoisotopic (exact) mass is 367 g/mol. The minimum Gasteiger partial charge on any atom is -0.459 e. The molecule has 0 unspecified atom stereocenters. The molecule has 7 nitrogen and oxygen atoms in total. The molecule has 2 aromatic heterocycles. The number of rotatable bonds is 7. The third kappa shape index (κ3) is 4.84. The Kier molecular flexibility index (Phi) is 5.71. The molecule has 0 saturated heterocycles. The van der Waals surface area contributed by atoms with E-state index >= 15 is 0 Å². The Morgan fingerprint density at radius 3 is 2.70 bits per heavy atom. The van der Waals surface area contributed by atoms with E-state index in [9.17, 15) is 9.59 Å². The topological polar surface area (TPSA) is 97.4 Å². The Bertz CT molecular complexity index is 909. The van der Waals surface area contributed by atoms with Crippen LogP contribution in [0.1, 0.15) is 39.6 Å². The summed E-state index contributed by atoms with van der Waals surface area (Å²) < 4.78 is 10.2. The van der Waals surface area contributed by atoms with Gasteiger partial charge in [0.05, 0.1) is 12.0 Å². The number of nitrogens with one attached hydrogen (secondary N) is 2. The van der Waals surface area contributed by atoms with Crippen LogP contribution in [0.5, 0.6) is 0 Å². The first-order valence-corrected chi connectivity index (χ1v) is 8.65. The van der Waals surface area contributed by atoms with Crippen molar-refractivity contribution in [3.8, 4) is 0 Å². The average molecular weight is 367 g/mol. The molecule has 27 heavy (non-hydrogen) atoms. The van der Waals surface area contributed by atoms with Gasteiger partial charge in [-0.1, -0.05) is 17.3 Å². The predicted octanol–water partition coefficient (Wildman–Crippen LogP) is 3.39. The van der Waals surface area contributed by atoms with Crippen molar-refractivity contribution < 1.29 is 18.5 Å². The fourth-order valence-corrected chi connectivity index (χ4v) is 2.75. The molecule has 2 heterocycles. The van der Waals surface area contributed by atoms with Gasteiger partial charge >= 0.3 is 0 Å². The summed E-state index contributed by atoms with van der Waals surface area (Å²) in [7, 11) is 0. The maximum atomic E-state index is 12.1. The van der Waals surface area contributed by atoms with E-state index in [1.54, 1.807) is 18.2 Å². The van der Waals surface area contributed by atoms with Crippen LogP contribution < -0.4 is 10.6 Å². The molecule has 0 aliphatic carbocycles. The third-order valence-corrected chi connectivity index (χ3v) is 4.20. The highest BCUT2D eigenvalue weighted by molar-refractivity contribution is 6.02. The van der Waals surface area contributed by atoms with Crippen LogP contribution in [0, 0.1) is 13.8 Å². The highest BCUT2D eigenvalue weighted by Crippen LogP contribution is 2.15. The Morgan fingerprint density at radius 2 is 2.00 bits per heavy atom. The van der Waals surface area contributed by atoms with Gasteiger partial charge in [-0.25, -0.2) is 0 Å². The zero-order valence-electron chi connectivity index (χ0n) is 15.2. The van der Waals surface area contributed by atoms with Gasteiger partial charge < -0.3 is 19.6 Å². The van der Waals surface area contributed by atoms with E-state index in [2.05, 4.69) is 15.8 Å². The van der Waals surface area contributed by atoms with Crippen LogP contribution in [0.25, 0.3) is 0 Å². The maximum Gasteiger partial charge on any atom is 0.291 e. The lowest BCUT2D eigenvalue weighted by molar-refractivity contribution is -0.121. The quantitative estimate of drug-likeness (QED) is 0.667. The molecule has 2 amide bonds. The number of carbonyl (C=O) groups is 2. The molecular formula is C20H21N3O4. The zero-order chi connectivity index (χ0) is 19.2. The normalized spacial score (nSPS) is 10.6. The van der Waals surface area contributed by atoms with E-state index in [1.807, 2.05) is 32.0 Å². The first-order chi connectivity index (χ1) is 13.0. The van der Waals surface area contributed by atoms with E-state index in [1.165, 1.54) is 6.26 Å². The standard InChI is InChI=1S/C20H21N3O4/c1-13-17(14(2)27-23-13)8-9-19(24)21-12-15-5-3-6-16(11-15)22-20(25)18-7-4-10-26-18/h3-7,10-11H,8-9,12H2,1-2H3,(H,21,24)(H,22,25). The van der Waals surface area contributed by atoms with Crippen LogP contribution >= 0.6 is 0 Å². The van der Waals surface area contributed by atoms with Crippen LogP contribution in [-0.2, 0) is 17.8 Å². The average Bonchev–Trinajstić information content (AvgIpc) is 3.29. The highest BCUT2D eigenvalue weighted by Gasteiger charge is 2.12. The van der Waals surface area contributed by atoms with Gasteiger partial charge in [0, 0.05) is 24.2 Å². The largest absolute Gasteiger partial charge is 0.459 e. The molecule has 0 bridgehead atoms. The Labute approximate surface area is 156 Å². The maximum absolute atomic E-state index is 12.1. The molecule has 0 aliphatic heterocycles. The molecule has 1 aromatic carbocycles. The van der Waals surface area contributed by atoms with Crippen LogP contribution in [0.4, 0.5) is 5.69 Å².